The average Bonchev–Trinajstić information content (AvgIpc) is 2.75. The maximum Gasteiger partial charge on any atom is 0.326 e. The first-order valence-electron chi connectivity index (χ1n) is 10.8. The lowest BCUT2D eigenvalue weighted by Crippen LogP contribution is -2.55. The Morgan fingerprint density at radius 2 is 1.66 bits per heavy atom. The molecule has 3 atom stereocenters. The molecule has 178 valence electrons. The van der Waals surface area contributed by atoms with Crippen LogP contribution in [0.15, 0.2) is 30.3 Å². The van der Waals surface area contributed by atoms with Crippen LogP contribution in [0.5, 0.6) is 0 Å². The van der Waals surface area contributed by atoms with E-state index in [4.69, 9.17) is 11.5 Å². The lowest BCUT2D eigenvalue weighted by molar-refractivity contribution is -0.142. The number of benzene rings is 1. The Labute approximate surface area is 188 Å². The van der Waals surface area contributed by atoms with Crippen LogP contribution in [0.3, 0.4) is 0 Å². The van der Waals surface area contributed by atoms with E-state index < -0.39 is 48.4 Å². The molecule has 10 heteroatoms. The summed E-state index contributed by atoms with van der Waals surface area (Å²) in [5.74, 6) is -3.06. The third-order valence-corrected chi connectivity index (χ3v) is 4.89. The van der Waals surface area contributed by atoms with Gasteiger partial charge < -0.3 is 32.5 Å². The first-order chi connectivity index (χ1) is 15.1. The summed E-state index contributed by atoms with van der Waals surface area (Å²) in [6.45, 7) is 3.54. The number of hydrogen-bond donors (Lipinski definition) is 6. The summed E-state index contributed by atoms with van der Waals surface area (Å²) in [6, 6.07) is 6.50. The summed E-state index contributed by atoms with van der Waals surface area (Å²) >= 11 is 0. The maximum atomic E-state index is 12.6. The molecule has 0 saturated heterocycles. The molecule has 0 aliphatic heterocycles. The van der Waals surface area contributed by atoms with E-state index in [-0.39, 0.29) is 12.3 Å². The molecule has 8 N–H and O–H groups in total. The number of amides is 3. The molecule has 32 heavy (non-hydrogen) atoms. The van der Waals surface area contributed by atoms with E-state index in [1.807, 2.05) is 30.3 Å². The Morgan fingerprint density at radius 3 is 2.22 bits per heavy atom. The van der Waals surface area contributed by atoms with Gasteiger partial charge in [0.05, 0.1) is 12.6 Å². The van der Waals surface area contributed by atoms with E-state index in [0.29, 0.717) is 25.8 Å². The molecule has 0 saturated carbocycles. The molecule has 0 radical (unpaired) electrons. The van der Waals surface area contributed by atoms with Crippen LogP contribution in [-0.2, 0) is 25.6 Å². The number of carboxylic acids is 1. The van der Waals surface area contributed by atoms with Crippen LogP contribution < -0.4 is 27.4 Å². The van der Waals surface area contributed by atoms with Crippen LogP contribution in [0.2, 0.25) is 0 Å². The molecule has 1 aromatic rings. The van der Waals surface area contributed by atoms with E-state index >= 15 is 0 Å². The first-order valence-corrected chi connectivity index (χ1v) is 10.8. The standard InChI is InChI=1S/C22H35N5O5/c1-14(2)19(27-20(29)16(24)12-15-8-4-3-5-9-15)21(30)25-13-18(28)26-17(22(31)32)10-6-7-11-23/h3-5,8-9,14,16-17,19H,6-7,10-13,23-24H2,1-2H3,(H,25,30)(H,26,28)(H,27,29)(H,31,32). The monoisotopic (exact) mass is 449 g/mol. The van der Waals surface area contributed by atoms with Gasteiger partial charge in [0.1, 0.15) is 12.1 Å². The van der Waals surface area contributed by atoms with Crippen molar-refractivity contribution in [3.8, 4) is 0 Å². The van der Waals surface area contributed by atoms with E-state index in [0.717, 1.165) is 5.56 Å². The van der Waals surface area contributed by atoms with Crippen LogP contribution in [0.25, 0.3) is 0 Å². The van der Waals surface area contributed by atoms with Crippen LogP contribution >= 0.6 is 0 Å². The highest BCUT2D eigenvalue weighted by Crippen LogP contribution is 2.06. The van der Waals surface area contributed by atoms with Crippen molar-refractivity contribution in [3.63, 3.8) is 0 Å². The van der Waals surface area contributed by atoms with E-state index in [2.05, 4.69) is 16.0 Å². The van der Waals surface area contributed by atoms with Crippen LogP contribution in [0.4, 0.5) is 0 Å². The minimum Gasteiger partial charge on any atom is -0.480 e. The van der Waals surface area contributed by atoms with Crippen molar-refractivity contribution in [1.29, 1.82) is 0 Å². The summed E-state index contributed by atoms with van der Waals surface area (Å²) in [7, 11) is 0. The number of nitrogens with two attached hydrogens (primary N) is 2. The lowest BCUT2D eigenvalue weighted by atomic mass is 10.0. The van der Waals surface area contributed by atoms with Crippen molar-refractivity contribution >= 4 is 23.7 Å². The van der Waals surface area contributed by atoms with Crippen LogP contribution in [-0.4, -0.2) is 60.0 Å². The average molecular weight is 450 g/mol. The Hall–Kier alpha value is -2.98. The molecule has 1 rings (SSSR count). The molecule has 10 nitrogen and oxygen atoms in total. The predicted molar refractivity (Wildman–Crippen MR) is 120 cm³/mol. The van der Waals surface area contributed by atoms with Gasteiger partial charge in [-0.25, -0.2) is 4.79 Å². The Kier molecular flexibility index (Phi) is 12.0. The highest BCUT2D eigenvalue weighted by atomic mass is 16.4. The molecule has 3 amide bonds. The van der Waals surface area contributed by atoms with Crippen molar-refractivity contribution in [3.05, 3.63) is 35.9 Å². The van der Waals surface area contributed by atoms with Gasteiger partial charge in [-0.1, -0.05) is 44.2 Å². The molecule has 0 spiro atoms. The van der Waals surface area contributed by atoms with Crippen LogP contribution in [0, 0.1) is 5.92 Å². The Bertz CT molecular complexity index is 756. The fraction of sp³-hybridized carbons (Fsp3) is 0.545. The minimum absolute atomic E-state index is 0.246. The third-order valence-electron chi connectivity index (χ3n) is 4.89. The SMILES string of the molecule is CC(C)C(NC(=O)C(N)Cc1ccccc1)C(=O)NCC(=O)NC(CCCCN)C(=O)O. The largest absolute Gasteiger partial charge is 0.480 e. The number of hydrogen-bond acceptors (Lipinski definition) is 6. The Balaban J connectivity index is 2.58. The van der Waals surface area contributed by atoms with E-state index in [1.165, 1.54) is 0 Å². The van der Waals surface area contributed by atoms with Gasteiger partial charge in [-0.05, 0) is 43.7 Å². The molecule has 1 aromatic carbocycles. The fourth-order valence-electron chi connectivity index (χ4n) is 3.03. The second kappa shape index (κ2) is 14.2. The van der Waals surface area contributed by atoms with Gasteiger partial charge in [-0.15, -0.1) is 0 Å². The molecule has 0 aliphatic rings. The van der Waals surface area contributed by atoms with Gasteiger partial charge in [0.15, 0.2) is 0 Å². The van der Waals surface area contributed by atoms with Crippen molar-refractivity contribution in [2.75, 3.05) is 13.1 Å². The second-order valence-electron chi connectivity index (χ2n) is 7.99. The molecule has 0 bridgehead atoms. The number of unbranched alkanes of at least 4 members (excludes halogenated alkanes) is 1. The highest BCUT2D eigenvalue weighted by molar-refractivity contribution is 5.92. The Morgan fingerprint density at radius 1 is 1.00 bits per heavy atom. The summed E-state index contributed by atoms with van der Waals surface area (Å²) in [6.07, 6.45) is 1.78. The summed E-state index contributed by atoms with van der Waals surface area (Å²) in [5, 5.41) is 16.7. The van der Waals surface area contributed by atoms with Gasteiger partial charge in [0, 0.05) is 0 Å². The quantitative estimate of drug-likeness (QED) is 0.208. The number of carboxylic acid groups (broad SMARTS) is 1. The molecule has 0 heterocycles. The minimum atomic E-state index is -1.15. The van der Waals surface area contributed by atoms with Gasteiger partial charge in [-0.2, -0.15) is 0 Å². The van der Waals surface area contributed by atoms with Gasteiger partial charge >= 0.3 is 5.97 Å². The van der Waals surface area contributed by atoms with Gasteiger partial charge in [0.25, 0.3) is 0 Å². The van der Waals surface area contributed by atoms with Crippen molar-refractivity contribution in [2.45, 2.75) is 57.7 Å². The fourth-order valence-corrected chi connectivity index (χ4v) is 3.03. The smallest absolute Gasteiger partial charge is 0.326 e. The predicted octanol–water partition coefficient (Wildman–Crippen LogP) is -0.488. The third kappa shape index (κ3) is 9.88. The number of aliphatic carboxylic acids is 1. The zero-order chi connectivity index (χ0) is 24.1. The van der Waals surface area contributed by atoms with Crippen LogP contribution in [0.1, 0.15) is 38.7 Å². The number of carbonyl (C=O) groups is 4. The zero-order valence-corrected chi connectivity index (χ0v) is 18.7. The normalized spacial score (nSPS) is 13.7. The van der Waals surface area contributed by atoms with Gasteiger partial charge in [-0.3, -0.25) is 14.4 Å². The number of carbonyl (C=O) groups excluding carboxylic acids is 3. The molecular formula is C22H35N5O5. The zero-order valence-electron chi connectivity index (χ0n) is 18.7. The molecule has 3 unspecified atom stereocenters. The topological polar surface area (TPSA) is 177 Å². The lowest BCUT2D eigenvalue weighted by Gasteiger charge is -2.23. The summed E-state index contributed by atoms with van der Waals surface area (Å²) in [4.78, 5) is 48.4. The number of rotatable bonds is 14. The highest BCUT2D eigenvalue weighted by Gasteiger charge is 2.27. The molecule has 0 aliphatic carbocycles. The van der Waals surface area contributed by atoms with Crippen molar-refractivity contribution < 1.29 is 24.3 Å². The maximum absolute atomic E-state index is 12.6. The van der Waals surface area contributed by atoms with Crippen molar-refractivity contribution in [2.24, 2.45) is 17.4 Å². The van der Waals surface area contributed by atoms with E-state index in [9.17, 15) is 24.3 Å². The second-order valence-corrected chi connectivity index (χ2v) is 7.99. The van der Waals surface area contributed by atoms with E-state index in [1.54, 1.807) is 13.8 Å². The molecule has 0 aromatic heterocycles. The van der Waals surface area contributed by atoms with Gasteiger partial charge in [0.2, 0.25) is 17.7 Å². The first kappa shape index (κ1) is 27.1. The number of nitrogens with one attached hydrogen (secondary N) is 3. The summed E-state index contributed by atoms with van der Waals surface area (Å²) in [5.41, 5.74) is 12.3. The molecular weight excluding hydrogens is 414 g/mol. The summed E-state index contributed by atoms with van der Waals surface area (Å²) < 4.78 is 0. The molecule has 0 fully saturated rings. The van der Waals surface area contributed by atoms with Crippen molar-refractivity contribution in [1.82, 2.24) is 16.0 Å².